The van der Waals surface area contributed by atoms with Gasteiger partial charge in [-0.05, 0) is 11.5 Å². The fraction of sp³-hybridized carbons (Fsp3) is 0.200. The number of rotatable bonds is 1. The minimum atomic E-state index is -3.38. The Morgan fingerprint density at radius 3 is 2.58 bits per heavy atom. The molecule has 0 spiro atoms. The second-order valence-electron chi connectivity index (χ2n) is 2.02. The Kier molecular flexibility index (Phi) is 2.37. The van der Waals surface area contributed by atoms with E-state index in [9.17, 15) is 8.42 Å². The summed E-state index contributed by atoms with van der Waals surface area (Å²) in [6.45, 7) is 0. The zero-order valence-electron chi connectivity index (χ0n) is 5.91. The molecule has 0 radical (unpaired) electrons. The van der Waals surface area contributed by atoms with E-state index in [1.54, 1.807) is 6.07 Å². The highest BCUT2D eigenvalue weighted by Gasteiger charge is 2.19. The molecule has 0 amide bonds. The van der Waals surface area contributed by atoms with Crippen molar-refractivity contribution in [2.75, 3.05) is 6.26 Å². The monoisotopic (exact) mass is 222 g/mol. The van der Waals surface area contributed by atoms with Crippen LogP contribution in [0.5, 0.6) is 0 Å². The third kappa shape index (κ3) is 1.58. The van der Waals surface area contributed by atoms with E-state index in [0.29, 0.717) is 11.5 Å². The Morgan fingerprint density at radius 2 is 2.25 bits per heavy atom. The minimum absolute atomic E-state index is 0.0528. The summed E-state index contributed by atoms with van der Waals surface area (Å²) in [7, 11) is -3.38. The van der Waals surface area contributed by atoms with Gasteiger partial charge in [-0.15, -0.1) is 0 Å². The van der Waals surface area contributed by atoms with E-state index < -0.39 is 9.84 Å². The van der Waals surface area contributed by atoms with Crippen LogP contribution in [-0.4, -0.2) is 19.0 Å². The molecule has 0 aliphatic carbocycles. The molecule has 1 heterocycles. The first-order valence-electron chi connectivity index (χ1n) is 2.72. The minimum Gasteiger partial charge on any atom is -0.223 e. The molecule has 0 bridgehead atoms. The summed E-state index contributed by atoms with van der Waals surface area (Å²) in [6, 6.07) is 1.69. The van der Waals surface area contributed by atoms with E-state index in [2.05, 4.69) is 4.37 Å². The molecule has 1 aromatic heterocycles. The van der Waals surface area contributed by atoms with Crippen molar-refractivity contribution < 1.29 is 8.42 Å². The third-order valence-electron chi connectivity index (χ3n) is 1.07. The first-order valence-corrected chi connectivity index (χ1v) is 5.76. The lowest BCUT2D eigenvalue weighted by atomic mass is 10.4. The van der Waals surface area contributed by atoms with Gasteiger partial charge in [0.2, 0.25) is 0 Å². The Labute approximate surface area is 78.5 Å². The van der Waals surface area contributed by atoms with Gasteiger partial charge in [0.05, 0.1) is 0 Å². The van der Waals surface area contributed by atoms with E-state index in [4.69, 9.17) is 16.9 Å². The van der Waals surface area contributed by atoms with Gasteiger partial charge in [0.15, 0.2) is 19.2 Å². The van der Waals surface area contributed by atoms with E-state index >= 15 is 0 Å². The Balaban J connectivity index is 3.49. The summed E-state index contributed by atoms with van der Waals surface area (Å²) in [5.41, 5.74) is -0.0656. The second kappa shape index (κ2) is 3.01. The maximum Gasteiger partial charge on any atom is 0.187 e. The molecule has 0 aliphatic heterocycles. The fourth-order valence-electron chi connectivity index (χ4n) is 0.602. The van der Waals surface area contributed by atoms with E-state index in [1.165, 1.54) is 0 Å². The molecular formula is C5H3ClN2O2S2. The van der Waals surface area contributed by atoms with Gasteiger partial charge in [-0.25, -0.2) is 8.42 Å². The molecular weight excluding hydrogens is 220 g/mol. The number of nitrogens with zero attached hydrogens (tertiary/aromatic N) is 2. The molecule has 0 fully saturated rings. The molecule has 0 atom stereocenters. The third-order valence-corrected chi connectivity index (χ3v) is 4.09. The molecule has 0 aromatic carbocycles. The number of aromatic nitrogens is 1. The first kappa shape index (κ1) is 9.45. The van der Waals surface area contributed by atoms with E-state index in [0.717, 1.165) is 6.26 Å². The quantitative estimate of drug-likeness (QED) is 0.713. The van der Waals surface area contributed by atoms with E-state index in [1.807, 2.05) is 0 Å². The molecule has 12 heavy (non-hydrogen) atoms. The van der Waals surface area contributed by atoms with Crippen molar-refractivity contribution in [3.63, 3.8) is 0 Å². The zero-order valence-corrected chi connectivity index (χ0v) is 8.29. The zero-order chi connectivity index (χ0) is 9.35. The number of hydrogen-bond donors (Lipinski definition) is 0. The van der Waals surface area contributed by atoms with Crippen molar-refractivity contribution in [3.05, 3.63) is 10.7 Å². The van der Waals surface area contributed by atoms with Crippen LogP contribution in [0.1, 0.15) is 5.56 Å². The Hall–Kier alpha value is -0.640. The van der Waals surface area contributed by atoms with Gasteiger partial charge < -0.3 is 0 Å². The summed E-state index contributed by atoms with van der Waals surface area (Å²) in [5, 5.41) is 8.47. The van der Waals surface area contributed by atoms with Crippen molar-refractivity contribution in [2.24, 2.45) is 0 Å². The topological polar surface area (TPSA) is 70.8 Å². The molecule has 0 aliphatic rings. The van der Waals surface area contributed by atoms with Gasteiger partial charge in [-0.3, -0.25) is 0 Å². The van der Waals surface area contributed by atoms with Gasteiger partial charge in [0, 0.05) is 6.26 Å². The van der Waals surface area contributed by atoms with Crippen molar-refractivity contribution in [1.82, 2.24) is 4.37 Å². The first-order chi connectivity index (χ1) is 5.46. The molecule has 4 nitrogen and oxygen atoms in total. The van der Waals surface area contributed by atoms with Gasteiger partial charge in [-0.1, -0.05) is 11.6 Å². The number of sulfone groups is 1. The molecule has 0 N–H and O–H groups in total. The second-order valence-corrected chi connectivity index (χ2v) is 5.36. The van der Waals surface area contributed by atoms with E-state index in [-0.39, 0.29) is 14.9 Å². The molecule has 0 saturated carbocycles. The van der Waals surface area contributed by atoms with Crippen LogP contribution in [0.2, 0.25) is 5.15 Å². The smallest absolute Gasteiger partial charge is 0.187 e. The predicted molar refractivity (Wildman–Crippen MR) is 44.9 cm³/mol. The van der Waals surface area contributed by atoms with Crippen molar-refractivity contribution in [3.8, 4) is 6.07 Å². The average molecular weight is 223 g/mol. The van der Waals surface area contributed by atoms with Gasteiger partial charge >= 0.3 is 0 Å². The van der Waals surface area contributed by atoms with Crippen LogP contribution < -0.4 is 0 Å². The number of nitriles is 1. The van der Waals surface area contributed by atoms with Crippen LogP contribution in [0.15, 0.2) is 4.21 Å². The molecule has 0 unspecified atom stereocenters. The van der Waals surface area contributed by atoms with Crippen LogP contribution in [0, 0.1) is 11.3 Å². The summed E-state index contributed by atoms with van der Waals surface area (Å²) >= 11 is 6.18. The van der Waals surface area contributed by atoms with Crippen molar-refractivity contribution in [2.45, 2.75) is 4.21 Å². The van der Waals surface area contributed by atoms with Crippen LogP contribution in [0.3, 0.4) is 0 Å². The Bertz CT molecular complexity index is 443. The summed E-state index contributed by atoms with van der Waals surface area (Å²) in [5.74, 6) is 0. The maximum absolute atomic E-state index is 11.0. The summed E-state index contributed by atoms with van der Waals surface area (Å²) < 4.78 is 25.5. The van der Waals surface area contributed by atoms with Gasteiger partial charge in [0.25, 0.3) is 0 Å². The lowest BCUT2D eigenvalue weighted by Gasteiger charge is -1.89. The molecule has 64 valence electrons. The predicted octanol–water partition coefficient (Wildman–Crippen LogP) is 1.07. The highest BCUT2D eigenvalue weighted by atomic mass is 35.5. The van der Waals surface area contributed by atoms with Crippen LogP contribution in [0.4, 0.5) is 0 Å². The molecule has 1 rings (SSSR count). The van der Waals surface area contributed by atoms with Gasteiger partial charge in [-0.2, -0.15) is 9.64 Å². The van der Waals surface area contributed by atoms with Crippen molar-refractivity contribution in [1.29, 1.82) is 5.26 Å². The van der Waals surface area contributed by atoms with Crippen LogP contribution in [0.25, 0.3) is 0 Å². The SMILES string of the molecule is CS(=O)(=O)c1snc(Cl)c1C#N. The lowest BCUT2D eigenvalue weighted by Crippen LogP contribution is -1.95. The lowest BCUT2D eigenvalue weighted by molar-refractivity contribution is 0.603. The molecule has 1 aromatic rings. The highest BCUT2D eigenvalue weighted by molar-refractivity contribution is 7.92. The van der Waals surface area contributed by atoms with Gasteiger partial charge in [0.1, 0.15) is 11.6 Å². The summed E-state index contributed by atoms with van der Waals surface area (Å²) in [6.07, 6.45) is 1.01. The molecule has 0 saturated heterocycles. The molecule has 7 heteroatoms. The standard InChI is InChI=1S/C5H3ClN2O2S2/c1-12(9,10)5-3(2-7)4(6)8-11-5/h1H3. The summed E-state index contributed by atoms with van der Waals surface area (Å²) in [4.78, 5) is 0. The number of hydrogen-bond acceptors (Lipinski definition) is 5. The average Bonchev–Trinajstić information content (AvgIpc) is 2.29. The normalized spacial score (nSPS) is 11.1. The fourth-order valence-corrected chi connectivity index (χ4v) is 2.61. The van der Waals surface area contributed by atoms with Crippen molar-refractivity contribution >= 4 is 33.0 Å². The Morgan fingerprint density at radius 1 is 1.67 bits per heavy atom. The maximum atomic E-state index is 11.0. The largest absolute Gasteiger partial charge is 0.223 e. The number of halogens is 1. The van der Waals surface area contributed by atoms with Crippen LogP contribution in [-0.2, 0) is 9.84 Å². The highest BCUT2D eigenvalue weighted by Crippen LogP contribution is 2.26. The van der Waals surface area contributed by atoms with Crippen LogP contribution >= 0.6 is 23.1 Å².